The standard InChI is InChI=1S/C13H19N3O3/c1-16-6-5-14-13(16)12(11-4-3-7-19-11)15-10(8-17)9-18-2/h3-7,10,12,15,17H,8-9H2,1-2H3. The monoisotopic (exact) mass is 265 g/mol. The molecule has 2 N–H and O–H groups in total. The Morgan fingerprint density at radius 2 is 2.42 bits per heavy atom. The summed E-state index contributed by atoms with van der Waals surface area (Å²) >= 11 is 0. The lowest BCUT2D eigenvalue weighted by Gasteiger charge is -2.22. The van der Waals surface area contributed by atoms with Crippen molar-refractivity contribution in [1.29, 1.82) is 0 Å². The highest BCUT2D eigenvalue weighted by molar-refractivity contribution is 5.16. The second-order valence-corrected chi connectivity index (χ2v) is 4.35. The van der Waals surface area contributed by atoms with E-state index in [1.54, 1.807) is 19.6 Å². The molecule has 6 nitrogen and oxygen atoms in total. The molecule has 0 aliphatic heterocycles. The molecule has 0 amide bonds. The fraction of sp³-hybridized carbons (Fsp3) is 0.462. The summed E-state index contributed by atoms with van der Waals surface area (Å²) in [7, 11) is 3.53. The molecule has 0 bridgehead atoms. The van der Waals surface area contributed by atoms with Gasteiger partial charge in [-0.15, -0.1) is 0 Å². The van der Waals surface area contributed by atoms with Gasteiger partial charge >= 0.3 is 0 Å². The van der Waals surface area contributed by atoms with Crippen LogP contribution in [0.15, 0.2) is 35.2 Å². The average molecular weight is 265 g/mol. The summed E-state index contributed by atoms with van der Waals surface area (Å²) in [4.78, 5) is 4.34. The fourth-order valence-electron chi connectivity index (χ4n) is 1.99. The highest BCUT2D eigenvalue weighted by Crippen LogP contribution is 2.21. The Labute approximate surface area is 112 Å². The molecule has 2 atom stereocenters. The largest absolute Gasteiger partial charge is 0.467 e. The Hall–Kier alpha value is -1.63. The number of methoxy groups -OCH3 is 1. The average Bonchev–Trinajstić information content (AvgIpc) is 3.06. The van der Waals surface area contributed by atoms with Crippen molar-refractivity contribution in [3.63, 3.8) is 0 Å². The van der Waals surface area contributed by atoms with Crippen molar-refractivity contribution in [2.45, 2.75) is 12.1 Å². The van der Waals surface area contributed by atoms with Gasteiger partial charge < -0.3 is 18.8 Å². The van der Waals surface area contributed by atoms with E-state index >= 15 is 0 Å². The molecular weight excluding hydrogens is 246 g/mol. The summed E-state index contributed by atoms with van der Waals surface area (Å²) in [5, 5.41) is 12.7. The van der Waals surface area contributed by atoms with Crippen LogP contribution in [0.5, 0.6) is 0 Å². The van der Waals surface area contributed by atoms with Gasteiger partial charge in [-0.3, -0.25) is 5.32 Å². The molecule has 0 saturated carbocycles. The topological polar surface area (TPSA) is 72.5 Å². The van der Waals surface area contributed by atoms with E-state index in [-0.39, 0.29) is 18.7 Å². The number of aliphatic hydroxyl groups excluding tert-OH is 1. The normalized spacial score (nSPS) is 14.5. The zero-order valence-corrected chi connectivity index (χ0v) is 11.1. The predicted octanol–water partition coefficient (Wildman–Crippen LogP) is 0.699. The van der Waals surface area contributed by atoms with Crippen molar-refractivity contribution < 1.29 is 14.3 Å². The molecule has 0 fully saturated rings. The molecule has 0 aliphatic rings. The van der Waals surface area contributed by atoms with Crippen LogP contribution in [-0.2, 0) is 11.8 Å². The zero-order valence-electron chi connectivity index (χ0n) is 11.1. The van der Waals surface area contributed by atoms with Gasteiger partial charge in [-0.05, 0) is 12.1 Å². The molecule has 0 radical (unpaired) electrons. The van der Waals surface area contributed by atoms with Gasteiger partial charge in [0.1, 0.15) is 17.6 Å². The maximum absolute atomic E-state index is 9.37. The molecule has 0 aliphatic carbocycles. The molecule has 0 aromatic carbocycles. The molecule has 2 heterocycles. The highest BCUT2D eigenvalue weighted by atomic mass is 16.5. The number of aromatic nitrogens is 2. The van der Waals surface area contributed by atoms with Crippen LogP contribution in [-0.4, -0.2) is 41.0 Å². The minimum Gasteiger partial charge on any atom is -0.467 e. The summed E-state index contributed by atoms with van der Waals surface area (Å²) in [5.74, 6) is 1.58. The Kier molecular flexibility index (Phi) is 4.73. The van der Waals surface area contributed by atoms with Crippen LogP contribution >= 0.6 is 0 Å². The molecule has 6 heteroatoms. The van der Waals surface area contributed by atoms with E-state index in [9.17, 15) is 5.11 Å². The Bertz CT molecular complexity index is 481. The number of nitrogens with zero attached hydrogens (tertiary/aromatic N) is 2. The quantitative estimate of drug-likeness (QED) is 0.771. The number of ether oxygens (including phenoxy) is 1. The number of aryl methyl sites for hydroxylation is 1. The van der Waals surface area contributed by atoms with E-state index in [1.807, 2.05) is 29.9 Å². The number of hydrogen-bond acceptors (Lipinski definition) is 5. The van der Waals surface area contributed by atoms with Gasteiger partial charge in [0.05, 0.1) is 25.5 Å². The number of nitrogens with one attached hydrogen (secondary N) is 1. The van der Waals surface area contributed by atoms with Crippen molar-refractivity contribution in [1.82, 2.24) is 14.9 Å². The molecule has 2 rings (SSSR count). The van der Waals surface area contributed by atoms with E-state index in [0.717, 1.165) is 11.6 Å². The maximum atomic E-state index is 9.37. The number of imidazole rings is 1. The third-order valence-electron chi connectivity index (χ3n) is 2.93. The van der Waals surface area contributed by atoms with Gasteiger partial charge in [-0.1, -0.05) is 0 Å². The number of rotatable bonds is 7. The summed E-state index contributed by atoms with van der Waals surface area (Å²) in [6, 6.07) is 3.31. The van der Waals surface area contributed by atoms with E-state index in [2.05, 4.69) is 10.3 Å². The van der Waals surface area contributed by atoms with Crippen molar-refractivity contribution >= 4 is 0 Å². The summed E-state index contributed by atoms with van der Waals surface area (Å²) in [6.07, 6.45) is 5.23. The first-order chi connectivity index (χ1) is 9.26. The zero-order chi connectivity index (χ0) is 13.7. The molecule has 19 heavy (non-hydrogen) atoms. The van der Waals surface area contributed by atoms with E-state index in [1.165, 1.54) is 0 Å². The van der Waals surface area contributed by atoms with Crippen molar-refractivity contribution in [3.05, 3.63) is 42.4 Å². The summed E-state index contributed by atoms with van der Waals surface area (Å²) < 4.78 is 12.5. The van der Waals surface area contributed by atoms with E-state index < -0.39 is 0 Å². The number of hydrogen-bond donors (Lipinski definition) is 2. The van der Waals surface area contributed by atoms with Crippen LogP contribution in [0.2, 0.25) is 0 Å². The SMILES string of the molecule is COCC(CO)NC(c1ccco1)c1nccn1C. The number of aliphatic hydroxyl groups is 1. The summed E-state index contributed by atoms with van der Waals surface area (Å²) in [6.45, 7) is 0.396. The van der Waals surface area contributed by atoms with Crippen molar-refractivity contribution in [2.24, 2.45) is 7.05 Å². The first-order valence-electron chi connectivity index (χ1n) is 6.12. The third-order valence-corrected chi connectivity index (χ3v) is 2.93. The maximum Gasteiger partial charge on any atom is 0.133 e. The molecule has 104 valence electrons. The lowest BCUT2D eigenvalue weighted by molar-refractivity contribution is 0.122. The minimum absolute atomic E-state index is 0.0184. The first kappa shape index (κ1) is 13.8. The second kappa shape index (κ2) is 6.51. The molecule has 2 unspecified atom stereocenters. The van der Waals surface area contributed by atoms with Gasteiger partial charge in [-0.2, -0.15) is 0 Å². The predicted molar refractivity (Wildman–Crippen MR) is 69.6 cm³/mol. The molecule has 2 aromatic rings. The lowest BCUT2D eigenvalue weighted by Crippen LogP contribution is -2.40. The fourth-order valence-corrected chi connectivity index (χ4v) is 1.99. The smallest absolute Gasteiger partial charge is 0.133 e. The van der Waals surface area contributed by atoms with Gasteiger partial charge in [0.15, 0.2) is 0 Å². The Morgan fingerprint density at radius 3 is 2.95 bits per heavy atom. The lowest BCUT2D eigenvalue weighted by atomic mass is 10.1. The molecular formula is C13H19N3O3. The molecule has 2 aromatic heterocycles. The van der Waals surface area contributed by atoms with Gasteiger partial charge in [0.2, 0.25) is 0 Å². The second-order valence-electron chi connectivity index (χ2n) is 4.35. The van der Waals surface area contributed by atoms with Gasteiger partial charge in [0, 0.05) is 26.6 Å². The van der Waals surface area contributed by atoms with Crippen LogP contribution in [0.4, 0.5) is 0 Å². The first-order valence-corrected chi connectivity index (χ1v) is 6.12. The van der Waals surface area contributed by atoms with Gasteiger partial charge in [-0.25, -0.2) is 4.98 Å². The van der Waals surface area contributed by atoms with Crippen molar-refractivity contribution in [2.75, 3.05) is 20.3 Å². The van der Waals surface area contributed by atoms with E-state index in [4.69, 9.17) is 9.15 Å². The Balaban J connectivity index is 2.23. The highest BCUT2D eigenvalue weighted by Gasteiger charge is 2.23. The minimum atomic E-state index is -0.220. The van der Waals surface area contributed by atoms with Crippen LogP contribution < -0.4 is 5.32 Å². The third kappa shape index (κ3) is 3.23. The van der Waals surface area contributed by atoms with Crippen LogP contribution in [0, 0.1) is 0 Å². The molecule has 0 spiro atoms. The molecule has 0 saturated heterocycles. The number of furan rings is 1. The Morgan fingerprint density at radius 1 is 1.58 bits per heavy atom. The van der Waals surface area contributed by atoms with Crippen LogP contribution in [0.1, 0.15) is 17.6 Å². The van der Waals surface area contributed by atoms with Crippen LogP contribution in [0.25, 0.3) is 0 Å². The van der Waals surface area contributed by atoms with Crippen molar-refractivity contribution in [3.8, 4) is 0 Å². The van der Waals surface area contributed by atoms with Crippen LogP contribution in [0.3, 0.4) is 0 Å². The summed E-state index contributed by atoms with van der Waals surface area (Å²) in [5.41, 5.74) is 0. The van der Waals surface area contributed by atoms with E-state index in [0.29, 0.717) is 6.61 Å². The van der Waals surface area contributed by atoms with Gasteiger partial charge in [0.25, 0.3) is 0 Å².